The minimum atomic E-state index is -0.152. The molecule has 1 aromatic rings. The molecule has 0 amide bonds. The van der Waals surface area contributed by atoms with Crippen molar-refractivity contribution < 1.29 is 10.2 Å². The van der Waals surface area contributed by atoms with E-state index in [1.165, 1.54) is 0 Å². The Balaban J connectivity index is 2.84. The van der Waals surface area contributed by atoms with Crippen LogP contribution in [0.1, 0.15) is 26.3 Å². The molecule has 2 N–H and O–H groups in total. The van der Waals surface area contributed by atoms with Crippen molar-refractivity contribution in [2.45, 2.75) is 26.2 Å². The summed E-state index contributed by atoms with van der Waals surface area (Å²) in [5.74, 6) is 0.499. The summed E-state index contributed by atoms with van der Waals surface area (Å²) in [5.41, 5.74) is 0.955. The van der Waals surface area contributed by atoms with Crippen LogP contribution in [0.4, 0.5) is 0 Å². The maximum Gasteiger partial charge on any atom is 0.115 e. The van der Waals surface area contributed by atoms with E-state index in [2.05, 4.69) is 13.8 Å². The lowest BCUT2D eigenvalue weighted by molar-refractivity contribution is 0.432. The van der Waals surface area contributed by atoms with Crippen LogP contribution in [0.3, 0.4) is 0 Å². The van der Waals surface area contributed by atoms with Gasteiger partial charge in [0.05, 0.1) is 0 Å². The smallest absolute Gasteiger partial charge is 0.115 e. The van der Waals surface area contributed by atoms with Crippen molar-refractivity contribution in [3.63, 3.8) is 0 Å². The summed E-state index contributed by atoms with van der Waals surface area (Å²) >= 11 is 0. The third kappa shape index (κ3) is 4.13. The van der Waals surface area contributed by atoms with Gasteiger partial charge in [0.15, 0.2) is 0 Å². The van der Waals surface area contributed by atoms with Crippen molar-refractivity contribution in [3.8, 4) is 5.75 Å². The lowest BCUT2D eigenvalue weighted by atomic mass is 9.84. The molecular weight excluding hydrogens is 224 g/mol. The molecule has 0 atom stereocenters. The monoisotopic (exact) mass is 244 g/mol. The molecule has 0 radical (unpaired) electrons. The summed E-state index contributed by atoms with van der Waals surface area (Å²) in [5, 5.41) is 18.7. The molecule has 0 aromatic heterocycles. The van der Waals surface area contributed by atoms with Crippen LogP contribution < -0.4 is 0 Å². The van der Waals surface area contributed by atoms with Crippen molar-refractivity contribution in [3.05, 3.63) is 66.0 Å². The van der Waals surface area contributed by atoms with E-state index in [0.717, 1.165) is 5.56 Å². The van der Waals surface area contributed by atoms with Gasteiger partial charge in [-0.15, -0.1) is 0 Å². The Morgan fingerprint density at radius 2 is 1.78 bits per heavy atom. The highest BCUT2D eigenvalue weighted by Gasteiger charge is 2.15. The van der Waals surface area contributed by atoms with Crippen molar-refractivity contribution in [1.29, 1.82) is 0 Å². The third-order valence-corrected chi connectivity index (χ3v) is 2.73. The molecule has 0 aliphatic rings. The standard InChI is InChI=1S/C16H20O2/c1-4-6-14(17)7-5-12-16(2,3)13-8-10-15(18)11-9-13/h4-12,17-18H,1-3H3/b6-4-,12-5+,14-7+. The van der Waals surface area contributed by atoms with Crippen molar-refractivity contribution in [2.75, 3.05) is 0 Å². The Kier molecular flexibility index (Phi) is 4.78. The number of phenols is 1. The van der Waals surface area contributed by atoms with E-state index in [1.54, 1.807) is 30.4 Å². The van der Waals surface area contributed by atoms with E-state index in [0.29, 0.717) is 0 Å². The van der Waals surface area contributed by atoms with Crippen LogP contribution in [0, 0.1) is 0 Å². The predicted molar refractivity (Wildman–Crippen MR) is 75.8 cm³/mol. The lowest BCUT2D eigenvalue weighted by Crippen LogP contribution is -2.12. The van der Waals surface area contributed by atoms with Crippen molar-refractivity contribution in [1.82, 2.24) is 0 Å². The number of aromatic hydroxyl groups is 1. The molecule has 0 heterocycles. The van der Waals surface area contributed by atoms with Gasteiger partial charge in [-0.3, -0.25) is 0 Å². The molecule has 1 rings (SSSR count). The summed E-state index contributed by atoms with van der Waals surface area (Å²) in [6.45, 7) is 6.01. The highest BCUT2D eigenvalue weighted by Crippen LogP contribution is 2.26. The fraction of sp³-hybridized carbons (Fsp3) is 0.250. The van der Waals surface area contributed by atoms with Crippen LogP contribution in [-0.4, -0.2) is 10.2 Å². The van der Waals surface area contributed by atoms with Crippen LogP contribution in [-0.2, 0) is 5.41 Å². The number of hydrogen-bond donors (Lipinski definition) is 2. The molecule has 0 saturated heterocycles. The van der Waals surface area contributed by atoms with Gasteiger partial charge in [-0.1, -0.05) is 44.2 Å². The van der Waals surface area contributed by atoms with E-state index in [9.17, 15) is 10.2 Å². The van der Waals surface area contributed by atoms with E-state index in [1.807, 2.05) is 31.2 Å². The maximum atomic E-state index is 9.44. The predicted octanol–water partition coefficient (Wildman–Crippen LogP) is 4.24. The Labute approximate surface area is 109 Å². The first-order valence-electron chi connectivity index (χ1n) is 5.96. The summed E-state index contributed by atoms with van der Waals surface area (Å²) in [6.07, 6.45) is 8.92. The van der Waals surface area contributed by atoms with Gasteiger partial charge in [0.1, 0.15) is 11.5 Å². The summed E-state index contributed by atoms with van der Waals surface area (Å²) in [4.78, 5) is 0. The molecule has 0 unspecified atom stereocenters. The molecule has 0 bridgehead atoms. The average Bonchev–Trinajstić information content (AvgIpc) is 2.29. The molecule has 0 saturated carbocycles. The topological polar surface area (TPSA) is 40.5 Å². The van der Waals surface area contributed by atoms with Crippen LogP contribution >= 0.6 is 0 Å². The molecule has 18 heavy (non-hydrogen) atoms. The van der Waals surface area contributed by atoms with Crippen molar-refractivity contribution in [2.24, 2.45) is 0 Å². The van der Waals surface area contributed by atoms with E-state index < -0.39 is 0 Å². The van der Waals surface area contributed by atoms with Crippen LogP contribution in [0.5, 0.6) is 5.75 Å². The zero-order valence-corrected chi connectivity index (χ0v) is 11.1. The summed E-state index contributed by atoms with van der Waals surface area (Å²) in [7, 11) is 0. The second kappa shape index (κ2) is 6.10. The first-order valence-corrected chi connectivity index (χ1v) is 5.96. The van der Waals surface area contributed by atoms with Crippen molar-refractivity contribution >= 4 is 0 Å². The van der Waals surface area contributed by atoms with E-state index in [4.69, 9.17) is 0 Å². The SMILES string of the molecule is C\C=C/C(O)=C\C=C\C(C)(C)c1ccc(O)cc1. The molecule has 0 aliphatic carbocycles. The van der Waals surface area contributed by atoms with Gasteiger partial charge in [-0.05, 0) is 36.8 Å². The minimum Gasteiger partial charge on any atom is -0.508 e. The Morgan fingerprint density at radius 3 is 2.33 bits per heavy atom. The molecule has 1 aromatic carbocycles. The first kappa shape index (κ1) is 14.1. The molecule has 0 aliphatic heterocycles. The number of aliphatic hydroxyl groups excluding tert-OH is 1. The van der Waals surface area contributed by atoms with Gasteiger partial charge in [0, 0.05) is 5.41 Å². The van der Waals surface area contributed by atoms with Crippen LogP contribution in [0.25, 0.3) is 0 Å². The van der Waals surface area contributed by atoms with Gasteiger partial charge in [0.25, 0.3) is 0 Å². The number of aliphatic hydroxyl groups is 1. The number of hydrogen-bond acceptors (Lipinski definition) is 2. The van der Waals surface area contributed by atoms with Crippen LogP contribution in [0.15, 0.2) is 60.4 Å². The van der Waals surface area contributed by atoms with E-state index >= 15 is 0 Å². The fourth-order valence-corrected chi connectivity index (χ4v) is 1.60. The maximum absolute atomic E-state index is 9.44. The number of rotatable bonds is 4. The highest BCUT2D eigenvalue weighted by molar-refractivity contribution is 5.34. The fourth-order valence-electron chi connectivity index (χ4n) is 1.60. The van der Waals surface area contributed by atoms with Crippen LogP contribution in [0.2, 0.25) is 0 Å². The highest BCUT2D eigenvalue weighted by atomic mass is 16.3. The molecule has 2 nitrogen and oxygen atoms in total. The zero-order valence-electron chi connectivity index (χ0n) is 11.1. The lowest BCUT2D eigenvalue weighted by Gasteiger charge is -2.20. The first-order chi connectivity index (χ1) is 8.45. The minimum absolute atomic E-state index is 0.152. The second-order valence-electron chi connectivity index (χ2n) is 4.72. The number of allylic oxidation sites excluding steroid dienone is 5. The van der Waals surface area contributed by atoms with Gasteiger partial charge >= 0.3 is 0 Å². The quantitative estimate of drug-likeness (QED) is 0.614. The summed E-state index contributed by atoms with van der Waals surface area (Å²) in [6, 6.07) is 7.15. The Hall–Kier alpha value is -1.96. The Morgan fingerprint density at radius 1 is 1.17 bits per heavy atom. The van der Waals surface area contributed by atoms with E-state index in [-0.39, 0.29) is 16.9 Å². The molecule has 0 spiro atoms. The van der Waals surface area contributed by atoms with Gasteiger partial charge in [-0.25, -0.2) is 0 Å². The van der Waals surface area contributed by atoms with Gasteiger partial charge in [0.2, 0.25) is 0 Å². The zero-order chi connectivity index (χ0) is 13.6. The largest absolute Gasteiger partial charge is 0.508 e. The third-order valence-electron chi connectivity index (χ3n) is 2.73. The second-order valence-corrected chi connectivity index (χ2v) is 4.72. The number of phenolic OH excluding ortho intramolecular Hbond substituents is 1. The van der Waals surface area contributed by atoms with Gasteiger partial charge in [-0.2, -0.15) is 0 Å². The normalized spacial score (nSPS) is 13.6. The molecule has 0 fully saturated rings. The molecule has 96 valence electrons. The Bertz CT molecular complexity index is 462. The molecule has 2 heteroatoms. The van der Waals surface area contributed by atoms with Gasteiger partial charge < -0.3 is 10.2 Å². The summed E-state index contributed by atoms with van der Waals surface area (Å²) < 4.78 is 0. The average molecular weight is 244 g/mol. The number of benzene rings is 1. The molecular formula is C16H20O2.